The molecule has 0 aliphatic carbocycles. The molecule has 0 fully saturated rings. The SMILES string of the molecule is COc1cc2nc(Nc3ccc(OC(F)(F)F)cc3)[nH]c2cc1CCC(=O)O. The zero-order valence-corrected chi connectivity index (χ0v) is 14.6. The summed E-state index contributed by atoms with van der Waals surface area (Å²) in [5, 5.41) is 11.8. The maximum absolute atomic E-state index is 12.2. The molecule has 1 aromatic heterocycles. The Bertz CT molecular complexity index is 984. The molecular weight excluding hydrogens is 379 g/mol. The van der Waals surface area contributed by atoms with E-state index >= 15 is 0 Å². The number of hydrogen-bond acceptors (Lipinski definition) is 5. The van der Waals surface area contributed by atoms with E-state index in [-0.39, 0.29) is 12.2 Å². The molecule has 0 amide bonds. The van der Waals surface area contributed by atoms with Crippen molar-refractivity contribution in [3.63, 3.8) is 0 Å². The van der Waals surface area contributed by atoms with Crippen molar-refractivity contribution in [3.05, 3.63) is 42.0 Å². The Morgan fingerprint density at radius 2 is 1.96 bits per heavy atom. The molecule has 2 aromatic carbocycles. The molecule has 0 spiro atoms. The quantitative estimate of drug-likeness (QED) is 0.554. The van der Waals surface area contributed by atoms with Gasteiger partial charge < -0.3 is 24.9 Å². The second-order valence-corrected chi connectivity index (χ2v) is 5.86. The number of carboxylic acids is 1. The number of ether oxygens (including phenoxy) is 2. The third kappa shape index (κ3) is 4.84. The zero-order valence-electron chi connectivity index (χ0n) is 14.6. The Morgan fingerprint density at radius 3 is 2.57 bits per heavy atom. The number of aromatic amines is 1. The lowest BCUT2D eigenvalue weighted by molar-refractivity contribution is -0.274. The number of aryl methyl sites for hydroxylation is 1. The number of methoxy groups -OCH3 is 1. The van der Waals surface area contributed by atoms with Crippen molar-refractivity contribution in [2.45, 2.75) is 19.2 Å². The van der Waals surface area contributed by atoms with Crippen molar-refractivity contribution in [1.82, 2.24) is 9.97 Å². The van der Waals surface area contributed by atoms with Crippen molar-refractivity contribution in [1.29, 1.82) is 0 Å². The van der Waals surface area contributed by atoms with E-state index in [9.17, 15) is 18.0 Å². The van der Waals surface area contributed by atoms with Gasteiger partial charge in [0, 0.05) is 18.2 Å². The van der Waals surface area contributed by atoms with Gasteiger partial charge in [-0.3, -0.25) is 4.79 Å². The molecule has 0 aliphatic heterocycles. The van der Waals surface area contributed by atoms with Crippen molar-refractivity contribution < 1.29 is 32.5 Å². The molecule has 0 saturated carbocycles. The second kappa shape index (κ2) is 7.67. The van der Waals surface area contributed by atoms with Gasteiger partial charge in [0.05, 0.1) is 18.1 Å². The predicted octanol–water partition coefficient (Wildman–Crippen LogP) is 4.23. The van der Waals surface area contributed by atoms with Crippen LogP contribution in [0.2, 0.25) is 0 Å². The van der Waals surface area contributed by atoms with E-state index in [4.69, 9.17) is 9.84 Å². The summed E-state index contributed by atoms with van der Waals surface area (Å²) in [5.74, 6) is -0.333. The van der Waals surface area contributed by atoms with Crippen LogP contribution in [0.5, 0.6) is 11.5 Å². The number of anilines is 2. The first-order chi connectivity index (χ1) is 13.2. The van der Waals surface area contributed by atoms with Crippen LogP contribution in [0, 0.1) is 0 Å². The van der Waals surface area contributed by atoms with Crippen LogP contribution in [0.15, 0.2) is 36.4 Å². The number of fused-ring (bicyclic) bond motifs is 1. The van der Waals surface area contributed by atoms with Gasteiger partial charge in [-0.15, -0.1) is 13.2 Å². The lowest BCUT2D eigenvalue weighted by atomic mass is 10.1. The van der Waals surface area contributed by atoms with E-state index < -0.39 is 12.3 Å². The van der Waals surface area contributed by atoms with Crippen molar-refractivity contribution in [2.24, 2.45) is 0 Å². The molecule has 148 valence electrons. The Hall–Kier alpha value is -3.43. The van der Waals surface area contributed by atoms with Crippen LogP contribution in [-0.2, 0) is 11.2 Å². The standard InChI is InChI=1S/C18H16F3N3O4/c1-27-15-9-14-13(8-10(15)2-7-16(25)26)23-17(24-14)22-11-3-5-12(6-4-11)28-18(19,20)21/h3-6,8-9H,2,7H2,1H3,(H,25,26)(H2,22,23,24). The Labute approximate surface area is 157 Å². The van der Waals surface area contributed by atoms with Crippen molar-refractivity contribution in [2.75, 3.05) is 12.4 Å². The molecule has 7 nitrogen and oxygen atoms in total. The number of nitrogens with one attached hydrogen (secondary N) is 2. The average Bonchev–Trinajstić information content (AvgIpc) is 3.00. The minimum absolute atomic E-state index is 0.0343. The molecule has 3 rings (SSSR count). The first-order valence-corrected chi connectivity index (χ1v) is 8.15. The normalized spacial score (nSPS) is 11.4. The highest BCUT2D eigenvalue weighted by Gasteiger charge is 2.30. The number of carbonyl (C=O) groups is 1. The molecule has 0 saturated heterocycles. The van der Waals surface area contributed by atoms with E-state index in [0.717, 1.165) is 5.56 Å². The molecule has 0 atom stereocenters. The summed E-state index contributed by atoms with van der Waals surface area (Å²) in [7, 11) is 1.49. The highest BCUT2D eigenvalue weighted by molar-refractivity contribution is 5.81. The van der Waals surface area contributed by atoms with Crippen LogP contribution in [-0.4, -0.2) is 34.5 Å². The summed E-state index contributed by atoms with van der Waals surface area (Å²) in [6.45, 7) is 0. The summed E-state index contributed by atoms with van der Waals surface area (Å²) in [5.41, 5.74) is 2.49. The zero-order chi connectivity index (χ0) is 20.3. The average molecular weight is 395 g/mol. The van der Waals surface area contributed by atoms with Crippen LogP contribution in [0.4, 0.5) is 24.8 Å². The molecular formula is C18H16F3N3O4. The number of hydrogen-bond donors (Lipinski definition) is 3. The van der Waals surface area contributed by atoms with Gasteiger partial charge in [-0.1, -0.05) is 0 Å². The van der Waals surface area contributed by atoms with Gasteiger partial charge in [-0.05, 0) is 42.3 Å². The second-order valence-electron chi connectivity index (χ2n) is 5.86. The highest BCUT2D eigenvalue weighted by atomic mass is 19.4. The molecule has 0 bridgehead atoms. The minimum atomic E-state index is -4.74. The summed E-state index contributed by atoms with van der Waals surface area (Å²) >= 11 is 0. The molecule has 0 unspecified atom stereocenters. The summed E-state index contributed by atoms with van der Waals surface area (Å²) in [6.07, 6.45) is -4.48. The number of aliphatic carboxylic acids is 1. The van der Waals surface area contributed by atoms with Gasteiger partial charge in [0.15, 0.2) is 0 Å². The maximum Gasteiger partial charge on any atom is 0.573 e. The number of alkyl halides is 3. The van der Waals surface area contributed by atoms with Gasteiger partial charge in [-0.2, -0.15) is 0 Å². The van der Waals surface area contributed by atoms with Gasteiger partial charge >= 0.3 is 12.3 Å². The number of carboxylic acid groups (broad SMARTS) is 1. The number of aromatic nitrogens is 2. The largest absolute Gasteiger partial charge is 0.573 e. The van der Waals surface area contributed by atoms with Gasteiger partial charge in [0.2, 0.25) is 5.95 Å². The fraction of sp³-hybridized carbons (Fsp3) is 0.222. The Kier molecular flexibility index (Phi) is 5.30. The van der Waals surface area contributed by atoms with Gasteiger partial charge in [-0.25, -0.2) is 4.98 Å². The third-order valence-corrected chi connectivity index (χ3v) is 3.84. The summed E-state index contributed by atoms with van der Waals surface area (Å²) < 4.78 is 45.7. The lowest BCUT2D eigenvalue weighted by Gasteiger charge is -2.09. The Morgan fingerprint density at radius 1 is 1.25 bits per heavy atom. The number of rotatable bonds is 7. The van der Waals surface area contributed by atoms with Crippen molar-refractivity contribution in [3.8, 4) is 11.5 Å². The van der Waals surface area contributed by atoms with Gasteiger partial charge in [0.1, 0.15) is 11.5 Å². The monoisotopic (exact) mass is 395 g/mol. The number of imidazole rings is 1. The first-order valence-electron chi connectivity index (χ1n) is 8.15. The molecule has 28 heavy (non-hydrogen) atoms. The fourth-order valence-corrected chi connectivity index (χ4v) is 2.65. The van der Waals surface area contributed by atoms with E-state index in [0.29, 0.717) is 34.8 Å². The number of halogens is 3. The predicted molar refractivity (Wildman–Crippen MR) is 95.0 cm³/mol. The number of H-pyrrole nitrogens is 1. The molecule has 3 aromatic rings. The van der Waals surface area contributed by atoms with E-state index in [1.54, 1.807) is 12.1 Å². The van der Waals surface area contributed by atoms with Crippen molar-refractivity contribution >= 4 is 28.6 Å². The van der Waals surface area contributed by atoms with Crippen LogP contribution in [0.1, 0.15) is 12.0 Å². The van der Waals surface area contributed by atoms with Crippen LogP contribution >= 0.6 is 0 Å². The molecule has 0 radical (unpaired) electrons. The number of nitrogens with zero attached hydrogens (tertiary/aromatic N) is 1. The molecule has 0 aliphatic rings. The number of benzene rings is 2. The van der Waals surface area contributed by atoms with Gasteiger partial charge in [0.25, 0.3) is 0 Å². The molecule has 1 heterocycles. The highest BCUT2D eigenvalue weighted by Crippen LogP contribution is 2.28. The molecule has 10 heteroatoms. The molecule has 3 N–H and O–H groups in total. The maximum atomic E-state index is 12.2. The van der Waals surface area contributed by atoms with E-state index in [2.05, 4.69) is 20.0 Å². The summed E-state index contributed by atoms with van der Waals surface area (Å²) in [4.78, 5) is 18.2. The Balaban J connectivity index is 1.79. The fourth-order valence-electron chi connectivity index (χ4n) is 2.65. The van der Waals surface area contributed by atoms with Crippen LogP contribution in [0.25, 0.3) is 11.0 Å². The lowest BCUT2D eigenvalue weighted by Crippen LogP contribution is -2.16. The first kappa shape index (κ1) is 19.3. The third-order valence-electron chi connectivity index (χ3n) is 3.84. The van der Waals surface area contributed by atoms with E-state index in [1.807, 2.05) is 0 Å². The van der Waals surface area contributed by atoms with E-state index in [1.165, 1.54) is 31.4 Å². The van der Waals surface area contributed by atoms with Crippen LogP contribution < -0.4 is 14.8 Å². The topological polar surface area (TPSA) is 96.5 Å². The summed E-state index contributed by atoms with van der Waals surface area (Å²) in [6, 6.07) is 8.67. The van der Waals surface area contributed by atoms with Crippen LogP contribution in [0.3, 0.4) is 0 Å². The smallest absolute Gasteiger partial charge is 0.496 e. The minimum Gasteiger partial charge on any atom is -0.496 e.